The molecule has 0 aliphatic carbocycles. The second-order valence-electron chi connectivity index (χ2n) is 3.95. The van der Waals surface area contributed by atoms with Crippen molar-refractivity contribution in [3.63, 3.8) is 0 Å². The molecule has 0 radical (unpaired) electrons. The van der Waals surface area contributed by atoms with Gasteiger partial charge < -0.3 is 11.1 Å². The number of nitrogens with two attached hydrogens (primary N) is 1. The quantitative estimate of drug-likeness (QED) is 0.813. The summed E-state index contributed by atoms with van der Waals surface area (Å²) in [6.45, 7) is 1.15. The number of amides is 1. The second-order valence-corrected chi connectivity index (χ2v) is 3.95. The number of nitrogens with one attached hydrogen (secondary N) is 1. The summed E-state index contributed by atoms with van der Waals surface area (Å²) in [5, 5.41) is 6.84. The van der Waals surface area contributed by atoms with E-state index in [4.69, 9.17) is 5.73 Å². The summed E-state index contributed by atoms with van der Waals surface area (Å²) in [4.78, 5) is 11.8. The van der Waals surface area contributed by atoms with Gasteiger partial charge in [0.05, 0.1) is 6.54 Å². The normalized spacial score (nSPS) is 12.1. The van der Waals surface area contributed by atoms with Crippen molar-refractivity contribution in [3.8, 4) is 0 Å². The summed E-state index contributed by atoms with van der Waals surface area (Å²) in [7, 11) is 0. The maximum atomic E-state index is 11.8. The van der Waals surface area contributed by atoms with E-state index in [2.05, 4.69) is 10.4 Å². The Kier molecular flexibility index (Phi) is 4.09. The van der Waals surface area contributed by atoms with Crippen LogP contribution in [0, 0.1) is 0 Å². The van der Waals surface area contributed by atoms with Gasteiger partial charge in [-0.2, -0.15) is 5.10 Å². The molecule has 0 spiro atoms. The Bertz CT molecular complexity index is 481. The molecule has 1 aromatic heterocycles. The van der Waals surface area contributed by atoms with E-state index in [1.807, 2.05) is 42.6 Å². The van der Waals surface area contributed by atoms with E-state index in [9.17, 15) is 4.79 Å². The number of carbonyl (C=O) groups excluding carboxylic acids is 1. The number of rotatable bonds is 5. The molecule has 5 nitrogen and oxygen atoms in total. The molecule has 1 aromatic carbocycles. The highest BCUT2D eigenvalue weighted by molar-refractivity contribution is 5.82. The summed E-state index contributed by atoms with van der Waals surface area (Å²) in [6, 6.07) is 10.5. The third kappa shape index (κ3) is 3.18. The molecule has 18 heavy (non-hydrogen) atoms. The standard InChI is InChI=1S/C13H16N4O/c14-12(11-5-2-1-3-6-11)13(18)15-8-10-17-9-4-7-16-17/h1-7,9,12H,8,10,14H2,(H,15,18)/t12-/m1/s1. The molecule has 0 saturated carbocycles. The van der Waals surface area contributed by atoms with Gasteiger partial charge >= 0.3 is 0 Å². The minimum Gasteiger partial charge on any atom is -0.353 e. The molecule has 2 rings (SSSR count). The summed E-state index contributed by atoms with van der Waals surface area (Å²) in [5.74, 6) is -0.173. The van der Waals surface area contributed by atoms with Crippen molar-refractivity contribution in [2.24, 2.45) is 5.73 Å². The number of hydrogen-bond donors (Lipinski definition) is 2. The first-order valence-corrected chi connectivity index (χ1v) is 5.83. The minimum absolute atomic E-state index is 0.173. The van der Waals surface area contributed by atoms with E-state index in [1.54, 1.807) is 10.9 Å². The molecule has 1 amide bonds. The van der Waals surface area contributed by atoms with E-state index in [-0.39, 0.29) is 5.91 Å². The highest BCUT2D eigenvalue weighted by Crippen LogP contribution is 2.08. The van der Waals surface area contributed by atoms with E-state index in [0.29, 0.717) is 13.1 Å². The highest BCUT2D eigenvalue weighted by Gasteiger charge is 2.14. The molecule has 3 N–H and O–H groups in total. The zero-order valence-electron chi connectivity index (χ0n) is 9.99. The Labute approximate surface area is 106 Å². The lowest BCUT2D eigenvalue weighted by molar-refractivity contribution is -0.122. The van der Waals surface area contributed by atoms with Gasteiger partial charge in [0.25, 0.3) is 0 Å². The Morgan fingerprint density at radius 3 is 2.78 bits per heavy atom. The van der Waals surface area contributed by atoms with Crippen molar-refractivity contribution in [1.29, 1.82) is 0 Å². The van der Waals surface area contributed by atoms with Crippen LogP contribution in [0.15, 0.2) is 48.8 Å². The number of benzene rings is 1. The third-order valence-electron chi connectivity index (χ3n) is 2.64. The van der Waals surface area contributed by atoms with Crippen molar-refractivity contribution < 1.29 is 4.79 Å². The number of hydrogen-bond acceptors (Lipinski definition) is 3. The first-order chi connectivity index (χ1) is 8.77. The molecule has 1 atom stereocenters. The minimum atomic E-state index is -0.621. The van der Waals surface area contributed by atoms with Crippen LogP contribution in [0.1, 0.15) is 11.6 Å². The van der Waals surface area contributed by atoms with Gasteiger partial charge in [0.15, 0.2) is 0 Å². The Balaban J connectivity index is 1.81. The fourth-order valence-electron chi connectivity index (χ4n) is 1.65. The molecule has 0 saturated heterocycles. The predicted molar refractivity (Wildman–Crippen MR) is 68.6 cm³/mol. The van der Waals surface area contributed by atoms with Crippen LogP contribution in [-0.2, 0) is 11.3 Å². The van der Waals surface area contributed by atoms with Gasteiger partial charge in [-0.3, -0.25) is 9.48 Å². The molecule has 94 valence electrons. The first kappa shape index (κ1) is 12.3. The fourth-order valence-corrected chi connectivity index (χ4v) is 1.65. The van der Waals surface area contributed by atoms with E-state index < -0.39 is 6.04 Å². The van der Waals surface area contributed by atoms with E-state index in [1.165, 1.54) is 0 Å². The van der Waals surface area contributed by atoms with Crippen LogP contribution in [0.3, 0.4) is 0 Å². The van der Waals surface area contributed by atoms with Gasteiger partial charge in [0.1, 0.15) is 6.04 Å². The van der Waals surface area contributed by atoms with Crippen LogP contribution >= 0.6 is 0 Å². The summed E-state index contributed by atoms with van der Waals surface area (Å²) < 4.78 is 1.76. The van der Waals surface area contributed by atoms with Crippen LogP contribution in [0.4, 0.5) is 0 Å². The first-order valence-electron chi connectivity index (χ1n) is 5.83. The maximum absolute atomic E-state index is 11.8. The molecule has 5 heteroatoms. The lowest BCUT2D eigenvalue weighted by Gasteiger charge is -2.12. The Morgan fingerprint density at radius 1 is 1.33 bits per heavy atom. The molecule has 2 aromatic rings. The van der Waals surface area contributed by atoms with Crippen molar-refractivity contribution in [3.05, 3.63) is 54.4 Å². The van der Waals surface area contributed by atoms with Gasteiger partial charge in [0.2, 0.25) is 5.91 Å². The Morgan fingerprint density at radius 2 is 2.11 bits per heavy atom. The zero-order chi connectivity index (χ0) is 12.8. The number of nitrogens with zero attached hydrogens (tertiary/aromatic N) is 2. The van der Waals surface area contributed by atoms with Crippen molar-refractivity contribution in [2.45, 2.75) is 12.6 Å². The van der Waals surface area contributed by atoms with Crippen LogP contribution in [0.25, 0.3) is 0 Å². The van der Waals surface area contributed by atoms with Crippen molar-refractivity contribution in [1.82, 2.24) is 15.1 Å². The van der Waals surface area contributed by atoms with E-state index >= 15 is 0 Å². The average molecular weight is 244 g/mol. The second kappa shape index (κ2) is 5.97. The molecule has 1 heterocycles. The molecule has 0 bridgehead atoms. The van der Waals surface area contributed by atoms with E-state index in [0.717, 1.165) is 5.56 Å². The smallest absolute Gasteiger partial charge is 0.241 e. The summed E-state index contributed by atoms with van der Waals surface area (Å²) >= 11 is 0. The largest absolute Gasteiger partial charge is 0.353 e. The van der Waals surface area contributed by atoms with Crippen molar-refractivity contribution in [2.75, 3.05) is 6.54 Å². The van der Waals surface area contributed by atoms with Gasteiger partial charge in [-0.05, 0) is 11.6 Å². The van der Waals surface area contributed by atoms with Crippen LogP contribution in [0.2, 0.25) is 0 Å². The van der Waals surface area contributed by atoms with Crippen LogP contribution in [0.5, 0.6) is 0 Å². The van der Waals surface area contributed by atoms with Crippen LogP contribution in [-0.4, -0.2) is 22.2 Å². The van der Waals surface area contributed by atoms with Gasteiger partial charge in [0, 0.05) is 18.9 Å². The Hall–Kier alpha value is -2.14. The predicted octanol–water partition coefficient (Wildman–Crippen LogP) is 0.699. The summed E-state index contributed by atoms with van der Waals surface area (Å²) in [5.41, 5.74) is 6.68. The zero-order valence-corrected chi connectivity index (χ0v) is 9.99. The molecular weight excluding hydrogens is 228 g/mol. The monoisotopic (exact) mass is 244 g/mol. The van der Waals surface area contributed by atoms with Crippen molar-refractivity contribution >= 4 is 5.91 Å². The summed E-state index contributed by atoms with van der Waals surface area (Å²) in [6.07, 6.45) is 3.56. The third-order valence-corrected chi connectivity index (χ3v) is 2.64. The fraction of sp³-hybridized carbons (Fsp3) is 0.231. The van der Waals surface area contributed by atoms with Crippen LogP contribution < -0.4 is 11.1 Å². The topological polar surface area (TPSA) is 72.9 Å². The number of carbonyl (C=O) groups is 1. The SMILES string of the molecule is N[C@@H](C(=O)NCCn1cccn1)c1ccccc1. The molecule has 0 aliphatic rings. The molecule has 0 aliphatic heterocycles. The highest BCUT2D eigenvalue weighted by atomic mass is 16.2. The number of aromatic nitrogens is 2. The molecule has 0 fully saturated rings. The van der Waals surface area contributed by atoms with Gasteiger partial charge in [-0.1, -0.05) is 30.3 Å². The molecule has 0 unspecified atom stereocenters. The average Bonchev–Trinajstić information content (AvgIpc) is 2.92. The lowest BCUT2D eigenvalue weighted by atomic mass is 10.1. The van der Waals surface area contributed by atoms with Gasteiger partial charge in [-0.25, -0.2) is 0 Å². The molecular formula is C13H16N4O. The lowest BCUT2D eigenvalue weighted by Crippen LogP contribution is -2.35. The van der Waals surface area contributed by atoms with Gasteiger partial charge in [-0.15, -0.1) is 0 Å². The maximum Gasteiger partial charge on any atom is 0.241 e.